The van der Waals surface area contributed by atoms with Gasteiger partial charge in [0.25, 0.3) is 0 Å². The van der Waals surface area contributed by atoms with Gasteiger partial charge in [-0.1, -0.05) is 77.9 Å². The third kappa shape index (κ3) is 12.8. The molecule has 4 aromatic rings. The molecular weight excluding hydrogens is 663 g/mol. The third-order valence-corrected chi connectivity index (χ3v) is 8.13. The summed E-state index contributed by atoms with van der Waals surface area (Å²) in [6, 6.07) is 20.5. The molecule has 4 aromatic carbocycles. The van der Waals surface area contributed by atoms with Crippen LogP contribution in [-0.4, -0.2) is 34.6 Å². The Morgan fingerprint density at radius 2 is 1.00 bits per heavy atom. The minimum atomic E-state index is -1.08. The number of nitrogens with zero attached hydrogens (tertiary/aromatic N) is 2. The first-order valence-electron chi connectivity index (χ1n) is 16.4. The van der Waals surface area contributed by atoms with E-state index in [2.05, 4.69) is 65.8 Å². The molecule has 2 unspecified atom stereocenters. The molecule has 9 heteroatoms. The van der Waals surface area contributed by atoms with Crippen LogP contribution in [0.25, 0.3) is 10.8 Å². The summed E-state index contributed by atoms with van der Waals surface area (Å²) >= 11 is 0. The van der Waals surface area contributed by atoms with E-state index in [9.17, 15) is 10.2 Å². The number of benzene rings is 4. The fraction of sp³-hybridized carbons (Fsp3) is 0.350. The number of fused-ring (bicyclic) bond motifs is 1. The van der Waals surface area contributed by atoms with E-state index in [1.54, 1.807) is 12.4 Å². The Morgan fingerprint density at radius 3 is 1.29 bits per heavy atom. The van der Waals surface area contributed by atoms with Crippen LogP contribution in [0.15, 0.2) is 70.6 Å². The molecule has 0 bridgehead atoms. The fourth-order valence-corrected chi connectivity index (χ4v) is 4.97. The van der Waals surface area contributed by atoms with E-state index in [1.807, 2.05) is 36.4 Å². The van der Waals surface area contributed by atoms with E-state index < -0.39 is 11.9 Å². The zero-order valence-electron chi connectivity index (χ0n) is 29.7. The van der Waals surface area contributed by atoms with Gasteiger partial charge in [0, 0.05) is 35.5 Å². The Bertz CT molecular complexity index is 1630. The molecule has 49 heavy (non-hydrogen) atoms. The SMILES string of the molecule is CC(=O)[O-].CC(=O)[O-].CCc1cc(C(C)CC)cc(C=Nc2cc3ccccc3cc2N=Cc2cc(C(C)CC)cc(CC)c2O)c1O.[Co+2]. The van der Waals surface area contributed by atoms with E-state index in [1.165, 1.54) is 11.1 Å². The largest absolute Gasteiger partial charge is 2.00 e. The van der Waals surface area contributed by atoms with Crippen molar-refractivity contribution in [1.29, 1.82) is 0 Å². The van der Waals surface area contributed by atoms with E-state index >= 15 is 0 Å². The molecule has 0 saturated carbocycles. The molecule has 2 atom stereocenters. The second kappa shape index (κ2) is 20.8. The molecule has 0 aliphatic heterocycles. The minimum Gasteiger partial charge on any atom is -0.550 e. The van der Waals surface area contributed by atoms with Crippen LogP contribution in [0, 0.1) is 0 Å². The van der Waals surface area contributed by atoms with Crippen molar-refractivity contribution in [1.82, 2.24) is 0 Å². The molecule has 0 aromatic heterocycles. The van der Waals surface area contributed by atoms with Gasteiger partial charge in [0.05, 0.1) is 11.4 Å². The molecular formula is C40H48CoN2O6. The molecule has 0 spiro atoms. The van der Waals surface area contributed by atoms with Gasteiger partial charge in [-0.25, -0.2) is 0 Å². The summed E-state index contributed by atoms with van der Waals surface area (Å²) in [6.45, 7) is 14.8. The van der Waals surface area contributed by atoms with E-state index in [0.717, 1.165) is 61.4 Å². The van der Waals surface area contributed by atoms with Crippen molar-refractivity contribution in [3.63, 3.8) is 0 Å². The quantitative estimate of drug-likeness (QED) is 0.164. The minimum absolute atomic E-state index is 0. The van der Waals surface area contributed by atoms with Crippen LogP contribution >= 0.6 is 0 Å². The molecule has 4 rings (SSSR count). The van der Waals surface area contributed by atoms with Gasteiger partial charge in [-0.2, -0.15) is 0 Å². The molecule has 0 heterocycles. The number of hydrogen-bond acceptors (Lipinski definition) is 8. The number of phenols is 2. The third-order valence-electron chi connectivity index (χ3n) is 8.13. The maximum absolute atomic E-state index is 11.0. The molecule has 1 radical (unpaired) electrons. The Hall–Kier alpha value is -4.47. The number of rotatable bonds is 10. The van der Waals surface area contributed by atoms with Crippen LogP contribution in [0.2, 0.25) is 0 Å². The fourth-order valence-electron chi connectivity index (χ4n) is 4.97. The van der Waals surface area contributed by atoms with Crippen molar-refractivity contribution in [2.45, 2.75) is 92.9 Å². The Balaban J connectivity index is 0.00000120. The van der Waals surface area contributed by atoms with E-state index in [-0.39, 0.29) is 28.3 Å². The first kappa shape index (κ1) is 42.5. The number of carbonyl (C=O) groups excluding carboxylic acids is 2. The number of carboxylic acids is 2. The van der Waals surface area contributed by atoms with Crippen LogP contribution in [0.5, 0.6) is 11.5 Å². The average Bonchev–Trinajstić information content (AvgIpc) is 3.05. The van der Waals surface area contributed by atoms with Crippen LogP contribution in [0.3, 0.4) is 0 Å². The predicted molar refractivity (Wildman–Crippen MR) is 192 cm³/mol. The number of aliphatic imine (C=N–C) groups is 2. The Morgan fingerprint density at radius 1 is 0.673 bits per heavy atom. The average molecular weight is 712 g/mol. The zero-order chi connectivity index (χ0) is 36.0. The molecule has 0 aliphatic rings. The number of aliphatic carboxylic acids is 2. The normalized spacial score (nSPS) is 12.0. The van der Waals surface area contributed by atoms with Gasteiger partial charge in [0.1, 0.15) is 11.5 Å². The summed E-state index contributed by atoms with van der Waals surface area (Å²) in [4.78, 5) is 27.5. The molecule has 2 N–H and O–H groups in total. The Labute approximate surface area is 300 Å². The standard InChI is InChI=1S/C36H42N2O2.2C2H4O2.Co/c1-7-23(5)29-15-25(9-3)35(39)31(17-29)21-37-33-19-27-13-11-12-14-28(27)20-34(33)38-22-32-18-30(24(6)8-2)16-26(10-4)36(32)40;2*1-2(3)4;/h11-24,39-40H,7-10H2,1-6H3;2*1H3,(H,3,4);/q;;;+2/p-2. The summed E-state index contributed by atoms with van der Waals surface area (Å²) < 4.78 is 0. The van der Waals surface area contributed by atoms with Gasteiger partial charge in [-0.15, -0.1) is 0 Å². The van der Waals surface area contributed by atoms with Gasteiger partial charge < -0.3 is 30.0 Å². The monoisotopic (exact) mass is 711 g/mol. The maximum atomic E-state index is 11.0. The van der Waals surface area contributed by atoms with Crippen molar-refractivity contribution in [3.05, 3.63) is 94.0 Å². The number of carbonyl (C=O) groups is 2. The summed E-state index contributed by atoms with van der Waals surface area (Å²) in [5.41, 5.74) is 7.11. The van der Waals surface area contributed by atoms with E-state index in [0.29, 0.717) is 34.3 Å². The van der Waals surface area contributed by atoms with E-state index in [4.69, 9.17) is 29.8 Å². The van der Waals surface area contributed by atoms with Gasteiger partial charge in [-0.05, 0) is 109 Å². The molecule has 0 aliphatic carbocycles. The van der Waals surface area contributed by atoms with Crippen LogP contribution < -0.4 is 10.2 Å². The van der Waals surface area contributed by atoms with Gasteiger partial charge in [0.2, 0.25) is 0 Å². The second-order valence-corrected chi connectivity index (χ2v) is 11.7. The predicted octanol–water partition coefficient (Wildman–Crippen LogP) is 7.41. The number of aryl methyl sites for hydroxylation is 2. The molecule has 0 saturated heterocycles. The smallest absolute Gasteiger partial charge is 0.550 e. The topological polar surface area (TPSA) is 145 Å². The summed E-state index contributed by atoms with van der Waals surface area (Å²) in [7, 11) is 0. The van der Waals surface area contributed by atoms with Gasteiger partial charge >= 0.3 is 16.8 Å². The summed E-state index contributed by atoms with van der Waals surface area (Å²) in [6.07, 6.45) is 7.06. The summed E-state index contributed by atoms with van der Waals surface area (Å²) in [5.74, 6) is -0.817. The van der Waals surface area contributed by atoms with Crippen LogP contribution in [-0.2, 0) is 39.2 Å². The van der Waals surface area contributed by atoms with Crippen molar-refractivity contribution < 1.29 is 46.8 Å². The zero-order valence-corrected chi connectivity index (χ0v) is 30.7. The van der Waals surface area contributed by atoms with Gasteiger partial charge in [0.15, 0.2) is 0 Å². The first-order chi connectivity index (χ1) is 22.8. The number of carboxylic acid groups (broad SMARTS) is 2. The molecule has 8 nitrogen and oxygen atoms in total. The molecule has 0 fully saturated rings. The number of phenolic OH excluding ortho intramolecular Hbond substituents is 2. The van der Waals surface area contributed by atoms with Crippen LogP contribution in [0.4, 0.5) is 11.4 Å². The number of hydrogen-bond donors (Lipinski definition) is 2. The Kier molecular flexibility index (Phi) is 18.1. The molecule has 0 amide bonds. The van der Waals surface area contributed by atoms with Crippen molar-refractivity contribution >= 4 is 46.5 Å². The molecule has 263 valence electrons. The van der Waals surface area contributed by atoms with Gasteiger partial charge in [-0.3, -0.25) is 9.98 Å². The second-order valence-electron chi connectivity index (χ2n) is 11.7. The van der Waals surface area contributed by atoms with Crippen molar-refractivity contribution in [3.8, 4) is 11.5 Å². The van der Waals surface area contributed by atoms with Crippen molar-refractivity contribution in [2.75, 3.05) is 0 Å². The summed E-state index contributed by atoms with van der Waals surface area (Å²) in [5, 5.41) is 41.8. The maximum Gasteiger partial charge on any atom is 2.00 e. The van der Waals surface area contributed by atoms with Crippen molar-refractivity contribution in [2.24, 2.45) is 9.98 Å². The first-order valence-corrected chi connectivity index (χ1v) is 16.4. The van der Waals surface area contributed by atoms with Crippen LogP contribution in [0.1, 0.15) is 113 Å². The number of aromatic hydroxyl groups is 2.